The van der Waals surface area contributed by atoms with Crippen LogP contribution >= 0.6 is 0 Å². The first-order valence-corrected chi connectivity index (χ1v) is 13.6. The number of carboxylic acid groups (broad SMARTS) is 1. The Morgan fingerprint density at radius 2 is 1.16 bits per heavy atom. The van der Waals surface area contributed by atoms with Crippen molar-refractivity contribution < 1.29 is 14.4 Å². The fraction of sp³-hybridized carbons (Fsp3) is 0.759. The molecule has 32 heavy (non-hydrogen) atoms. The maximum absolute atomic E-state index is 10.8. The van der Waals surface area contributed by atoms with Crippen LogP contribution in [0, 0.1) is 0 Å². The van der Waals surface area contributed by atoms with Crippen LogP contribution in [0.15, 0.2) is 30.3 Å². The fourth-order valence-electron chi connectivity index (χ4n) is 4.67. The van der Waals surface area contributed by atoms with Gasteiger partial charge >= 0.3 is 0 Å². The molecule has 0 aliphatic heterocycles. The van der Waals surface area contributed by atoms with Gasteiger partial charge in [0.2, 0.25) is 0 Å². The summed E-state index contributed by atoms with van der Waals surface area (Å²) in [5.41, 5.74) is 1.37. The summed E-state index contributed by atoms with van der Waals surface area (Å²) >= 11 is 0. The van der Waals surface area contributed by atoms with Gasteiger partial charge in [0.25, 0.3) is 0 Å². The first-order valence-electron chi connectivity index (χ1n) is 13.6. The second kappa shape index (κ2) is 19.1. The number of nitrogens with zero attached hydrogens (tertiary/aromatic N) is 1. The molecule has 1 unspecified atom stereocenters. The van der Waals surface area contributed by atoms with Crippen LogP contribution in [0.2, 0.25) is 0 Å². The average molecular weight is 446 g/mol. The van der Waals surface area contributed by atoms with Crippen molar-refractivity contribution in [2.75, 3.05) is 26.7 Å². The van der Waals surface area contributed by atoms with E-state index in [9.17, 15) is 9.90 Å². The number of hydrogen-bond acceptors (Lipinski definition) is 2. The Labute approximate surface area is 199 Å². The number of carbonyl (C=O) groups is 1. The maximum Gasteiger partial charge on any atom is 0.0825 e. The van der Waals surface area contributed by atoms with Gasteiger partial charge in [0, 0.05) is 18.8 Å². The number of benzene rings is 1. The first kappa shape index (κ1) is 28.7. The summed E-state index contributed by atoms with van der Waals surface area (Å²) in [6.07, 6.45) is 21.3. The SMILES string of the molecule is CCCCCCCCCCCCCCCC[N+](C)(CCCC(=O)[O-])CCc1ccccc1. The summed E-state index contributed by atoms with van der Waals surface area (Å²) < 4.78 is 0.973. The molecule has 3 nitrogen and oxygen atoms in total. The molecule has 0 saturated heterocycles. The van der Waals surface area contributed by atoms with Crippen molar-refractivity contribution in [3.8, 4) is 0 Å². The molecule has 0 N–H and O–H groups in total. The molecule has 0 amide bonds. The summed E-state index contributed by atoms with van der Waals surface area (Å²) in [4.78, 5) is 10.8. The minimum atomic E-state index is -0.920. The summed E-state index contributed by atoms with van der Waals surface area (Å²) in [5.74, 6) is -0.920. The van der Waals surface area contributed by atoms with Gasteiger partial charge in [-0.3, -0.25) is 0 Å². The minimum Gasteiger partial charge on any atom is -0.550 e. The number of likely N-dealkylation sites (N-methyl/N-ethyl adjacent to an activating group) is 1. The quantitative estimate of drug-likeness (QED) is 0.147. The number of carbonyl (C=O) groups excluding carboxylic acids is 1. The number of quaternary nitrogens is 1. The highest BCUT2D eigenvalue weighted by Gasteiger charge is 2.20. The third-order valence-corrected chi connectivity index (χ3v) is 6.91. The zero-order chi connectivity index (χ0) is 23.3. The zero-order valence-corrected chi connectivity index (χ0v) is 21.3. The molecule has 1 aromatic rings. The van der Waals surface area contributed by atoms with Crippen LogP contribution in [-0.2, 0) is 11.2 Å². The second-order valence-corrected chi connectivity index (χ2v) is 10.1. The van der Waals surface area contributed by atoms with Gasteiger partial charge in [0.1, 0.15) is 0 Å². The summed E-state index contributed by atoms with van der Waals surface area (Å²) in [6, 6.07) is 10.6. The molecular formula is C29H51NO2. The van der Waals surface area contributed by atoms with E-state index in [4.69, 9.17) is 0 Å². The van der Waals surface area contributed by atoms with Gasteiger partial charge in [-0.2, -0.15) is 0 Å². The molecule has 0 aliphatic rings. The largest absolute Gasteiger partial charge is 0.550 e. The van der Waals surface area contributed by atoms with Gasteiger partial charge < -0.3 is 14.4 Å². The highest BCUT2D eigenvalue weighted by molar-refractivity contribution is 5.64. The second-order valence-electron chi connectivity index (χ2n) is 10.1. The minimum absolute atomic E-state index is 0.178. The first-order chi connectivity index (χ1) is 15.6. The van der Waals surface area contributed by atoms with Crippen molar-refractivity contribution in [3.05, 3.63) is 35.9 Å². The maximum atomic E-state index is 10.8. The predicted octanol–water partition coefficient (Wildman–Crippen LogP) is 6.69. The molecule has 0 saturated carbocycles. The molecule has 1 aromatic carbocycles. The number of carboxylic acids is 1. The molecule has 0 fully saturated rings. The molecule has 0 radical (unpaired) electrons. The van der Waals surface area contributed by atoms with Crippen LogP contribution in [0.4, 0.5) is 0 Å². The van der Waals surface area contributed by atoms with Gasteiger partial charge in [0.15, 0.2) is 0 Å². The van der Waals surface area contributed by atoms with Crippen LogP contribution in [0.25, 0.3) is 0 Å². The van der Waals surface area contributed by atoms with Crippen molar-refractivity contribution in [1.82, 2.24) is 0 Å². The van der Waals surface area contributed by atoms with Crippen molar-refractivity contribution in [2.45, 2.75) is 116 Å². The molecule has 0 aromatic heterocycles. The molecule has 0 aliphatic carbocycles. The van der Waals surface area contributed by atoms with Crippen LogP contribution < -0.4 is 5.11 Å². The van der Waals surface area contributed by atoms with Crippen LogP contribution in [-0.4, -0.2) is 37.1 Å². The number of rotatable bonds is 22. The van der Waals surface area contributed by atoms with Crippen molar-refractivity contribution in [2.24, 2.45) is 0 Å². The van der Waals surface area contributed by atoms with Crippen LogP contribution in [0.5, 0.6) is 0 Å². The lowest BCUT2D eigenvalue weighted by Gasteiger charge is -2.35. The lowest BCUT2D eigenvalue weighted by Crippen LogP contribution is -2.47. The van der Waals surface area contributed by atoms with E-state index in [1.165, 1.54) is 95.5 Å². The van der Waals surface area contributed by atoms with Gasteiger partial charge in [-0.15, -0.1) is 0 Å². The van der Waals surface area contributed by atoms with Crippen LogP contribution in [0.3, 0.4) is 0 Å². The summed E-state index contributed by atoms with van der Waals surface area (Å²) in [7, 11) is 2.31. The van der Waals surface area contributed by atoms with E-state index in [1.807, 2.05) is 0 Å². The molecule has 0 spiro atoms. The van der Waals surface area contributed by atoms with E-state index < -0.39 is 5.97 Å². The normalized spacial score (nSPS) is 13.2. The van der Waals surface area contributed by atoms with Crippen molar-refractivity contribution >= 4 is 5.97 Å². The fourth-order valence-corrected chi connectivity index (χ4v) is 4.67. The Balaban J connectivity index is 2.13. The van der Waals surface area contributed by atoms with Gasteiger partial charge in [0.05, 0.1) is 26.7 Å². The Hall–Kier alpha value is -1.35. The number of unbranched alkanes of at least 4 members (excludes halogenated alkanes) is 13. The molecular weight excluding hydrogens is 394 g/mol. The van der Waals surface area contributed by atoms with Crippen molar-refractivity contribution in [1.29, 1.82) is 0 Å². The Bertz CT molecular complexity index is 560. The monoisotopic (exact) mass is 445 g/mol. The number of aliphatic carboxylic acids is 1. The Morgan fingerprint density at radius 3 is 1.66 bits per heavy atom. The van der Waals surface area contributed by atoms with Gasteiger partial charge in [-0.1, -0.05) is 114 Å². The topological polar surface area (TPSA) is 40.1 Å². The average Bonchev–Trinajstić information content (AvgIpc) is 2.78. The lowest BCUT2D eigenvalue weighted by molar-refractivity contribution is -0.909. The van der Waals surface area contributed by atoms with E-state index in [0.29, 0.717) is 6.42 Å². The highest BCUT2D eigenvalue weighted by atomic mass is 16.4. The Kier molecular flexibility index (Phi) is 17.2. The predicted molar refractivity (Wildman–Crippen MR) is 135 cm³/mol. The molecule has 184 valence electrons. The summed E-state index contributed by atoms with van der Waals surface area (Å²) in [5, 5.41) is 10.8. The third kappa shape index (κ3) is 16.3. The van der Waals surface area contributed by atoms with Crippen molar-refractivity contribution in [3.63, 3.8) is 0 Å². The van der Waals surface area contributed by atoms with E-state index in [0.717, 1.165) is 30.5 Å². The van der Waals surface area contributed by atoms with Crippen LogP contribution in [0.1, 0.15) is 115 Å². The van der Waals surface area contributed by atoms with E-state index in [2.05, 4.69) is 44.3 Å². The lowest BCUT2D eigenvalue weighted by atomic mass is 10.0. The molecule has 3 heteroatoms. The number of hydrogen-bond donors (Lipinski definition) is 0. The van der Waals surface area contributed by atoms with Gasteiger partial charge in [-0.25, -0.2) is 0 Å². The molecule has 0 bridgehead atoms. The van der Waals surface area contributed by atoms with Gasteiger partial charge in [-0.05, 0) is 24.8 Å². The van der Waals surface area contributed by atoms with E-state index in [-0.39, 0.29) is 6.42 Å². The highest BCUT2D eigenvalue weighted by Crippen LogP contribution is 2.15. The molecule has 1 rings (SSSR count). The van der Waals surface area contributed by atoms with E-state index >= 15 is 0 Å². The smallest absolute Gasteiger partial charge is 0.0825 e. The third-order valence-electron chi connectivity index (χ3n) is 6.91. The Morgan fingerprint density at radius 1 is 0.688 bits per heavy atom. The summed E-state index contributed by atoms with van der Waals surface area (Å²) in [6.45, 7) is 5.44. The standard InChI is InChI=1S/C29H51NO2/c1-3-4-5-6-7-8-9-10-11-12-13-14-15-19-25-30(2,26-20-23-29(31)32)27-24-28-21-17-16-18-22-28/h16-18,21-22H,3-15,19-20,23-27H2,1-2H3. The molecule has 0 heterocycles. The van der Waals surface area contributed by atoms with E-state index in [1.54, 1.807) is 0 Å². The zero-order valence-electron chi connectivity index (χ0n) is 21.3. The molecule has 1 atom stereocenters.